The summed E-state index contributed by atoms with van der Waals surface area (Å²) < 4.78 is 27.0. The molecule has 52 nitrogen and oxygen atoms in total. The monoisotopic (exact) mass is 1940 g/mol. The standard InChI is InChI=1S/C81H110FN23O29.Fe/c1-41(110)65-77(126)88-18-5-4-9-48(70(119)93-51(12-8-24-104(132)39-109)73(122)98-66(42(2)111)78(127)99-65)92-71(120)50(11-7-23-103(131)38-108)95-74(123)54(36-106)96-72(121)49(10-6-19-89-80(83)84)94-75(124)55(37-107)97-76(125)56-17-20-87-69-53(31-44-32-59(112)60(113)34-57(44)105(56)69)90-63(116)14-13-61(114)85-21-22-86-62(115)15-16-64(117)133-40-134-81(130)102-27-25-101(26-28-102)58-33-52-43(30-47(58)82)29-45-67(118)46(79(128)129)35-100(3)68(45)91-52;/h29-35,38-39,41-42,48-51,54-56,65-66,106-107,110-113,131-132H,4-28,36-37,40H2,1-3H3,(H,85,114)(H,86,115)(H,88,126)(H,90,116)(H,92,120)(H,93,119)(H,94,124)(H,95,123)(H,96,121)(H,97,125)(H,98,122)(H,99,127)(H,128,129)(H4,83,84,89);/t41-,42-,48+,49+,50+,51+,54-,55-,56+,65+,66+;/m1./s1. The van der Waals surface area contributed by atoms with Crippen molar-refractivity contribution in [3.8, 4) is 11.5 Å². The number of aryl methyl sites for hydroxylation is 1. The third kappa shape index (κ3) is 31.0. The molecule has 4 aliphatic rings. The van der Waals surface area contributed by atoms with Crippen LogP contribution in [-0.4, -0.2) is 338 Å². The molecule has 4 aromatic rings. The number of aliphatic hydroxyl groups is 4. The summed E-state index contributed by atoms with van der Waals surface area (Å²) in [5.74, 6) is -17.3. The number of amidine groups is 1. The van der Waals surface area contributed by atoms with Crippen LogP contribution in [0.3, 0.4) is 0 Å². The van der Waals surface area contributed by atoms with Gasteiger partial charge in [-0.1, -0.05) is 11.8 Å². The van der Waals surface area contributed by atoms with Crippen molar-refractivity contribution in [2.75, 3.05) is 102 Å². The molecule has 0 radical (unpaired) electrons. The smallest absolute Gasteiger partial charge is 0.412 e. The summed E-state index contributed by atoms with van der Waals surface area (Å²) in [5, 5.41) is 135. The average molecular weight is 1940 g/mol. The van der Waals surface area contributed by atoms with Gasteiger partial charge in [-0.2, -0.15) is 0 Å². The number of halogens is 1. The quantitative estimate of drug-likeness (QED) is 0.00187. The van der Waals surface area contributed by atoms with Gasteiger partial charge in [-0.3, -0.25) is 97.5 Å². The number of hydroxylamine groups is 4. The molecule has 2 aromatic heterocycles. The fourth-order valence-corrected chi connectivity index (χ4v) is 14.6. The number of esters is 1. The number of aromatic hydroxyl groups is 1. The van der Waals surface area contributed by atoms with Gasteiger partial charge >= 0.3 is 18.0 Å². The molecule has 2 fully saturated rings. The number of nitrogens with two attached hydrogens (primary N) is 1. The number of carboxylic acid groups (broad SMARTS) is 1. The second-order valence-corrected chi connectivity index (χ2v) is 31.6. The molecule has 0 unspecified atom stereocenters. The number of rotatable bonds is 42. The van der Waals surface area contributed by atoms with E-state index >= 15 is 4.39 Å². The number of nitrogens with one attached hydrogen (secondary N) is 15. The molecule has 54 heteroatoms. The Hall–Kier alpha value is -14.1. The van der Waals surface area contributed by atoms with E-state index in [0.717, 1.165) is 25.3 Å². The molecule has 0 spiro atoms. The van der Waals surface area contributed by atoms with Gasteiger partial charge in [0, 0.05) is 138 Å². The molecule has 6 heterocycles. The molecule has 0 bridgehead atoms. The Bertz CT molecular complexity index is 5170. The number of hydrogen-bond acceptors (Lipinski definition) is 32. The molecule has 8 rings (SSSR count). The molecular weight excluding hydrogens is 1830 g/mol. The van der Waals surface area contributed by atoms with Gasteiger partial charge in [0.25, 0.3) is 11.7 Å². The van der Waals surface area contributed by atoms with Crippen LogP contribution in [0.15, 0.2) is 47.0 Å². The maximum absolute atomic E-state index is 15.5. The summed E-state index contributed by atoms with van der Waals surface area (Å²) in [6.45, 7) is -1.85. The van der Waals surface area contributed by atoms with Crippen molar-refractivity contribution in [1.29, 1.82) is 5.41 Å². The number of carbonyl (C=O) groups is 17. The molecule has 11 atom stereocenters. The summed E-state index contributed by atoms with van der Waals surface area (Å²) in [7, 11) is 1.52. The van der Waals surface area contributed by atoms with E-state index in [1.165, 1.54) is 52.6 Å². The largest absolute Gasteiger partial charge is 0.870 e. The molecule has 15 amide bonds. The maximum Gasteiger partial charge on any atom is 0.412 e. The number of pyridine rings is 2. The minimum absolute atomic E-state index is 0. The van der Waals surface area contributed by atoms with Crippen LogP contribution in [0.4, 0.5) is 20.6 Å². The van der Waals surface area contributed by atoms with E-state index in [-0.39, 0.29) is 208 Å². The van der Waals surface area contributed by atoms with Gasteiger partial charge in [0.05, 0.1) is 55.0 Å². The number of benzene rings is 2. The van der Waals surface area contributed by atoms with Crippen LogP contribution in [0.1, 0.15) is 120 Å². The number of aromatic nitrogens is 2. The second-order valence-electron chi connectivity index (χ2n) is 31.6. The summed E-state index contributed by atoms with van der Waals surface area (Å²) in [6, 6.07) is -9.56. The number of ether oxygens (including phenoxy) is 2. The minimum atomic E-state index is -2.02. The van der Waals surface area contributed by atoms with Crippen LogP contribution < -0.4 is 100 Å². The predicted octanol–water partition coefficient (Wildman–Crippen LogP) is -10.1. The molecule has 2 saturated heterocycles. The van der Waals surface area contributed by atoms with Crippen LogP contribution >= 0.6 is 0 Å². The van der Waals surface area contributed by atoms with Crippen LogP contribution in [0.25, 0.3) is 28.0 Å². The van der Waals surface area contributed by atoms with E-state index in [1.807, 2.05) is 0 Å². The zero-order chi connectivity index (χ0) is 98.3. The Balaban J connectivity index is 0.0000249. The summed E-state index contributed by atoms with van der Waals surface area (Å²) in [4.78, 5) is 251. The molecule has 0 aliphatic carbocycles. The van der Waals surface area contributed by atoms with Gasteiger partial charge in [0.1, 0.15) is 82.5 Å². The summed E-state index contributed by atoms with van der Waals surface area (Å²) >= 11 is 0. The van der Waals surface area contributed by atoms with E-state index in [4.69, 9.17) is 20.6 Å². The van der Waals surface area contributed by atoms with Crippen LogP contribution in [0.5, 0.6) is 11.5 Å². The second kappa shape index (κ2) is 51.8. The van der Waals surface area contributed by atoms with Crippen LogP contribution in [0, 0.1) is 11.2 Å². The molecule has 135 heavy (non-hydrogen) atoms. The van der Waals surface area contributed by atoms with Gasteiger partial charge < -0.3 is 134 Å². The molecular formula is C81H110FFeN23O29. The predicted molar refractivity (Wildman–Crippen MR) is 459 cm³/mol. The van der Waals surface area contributed by atoms with Gasteiger partial charge in [0.15, 0.2) is 12.0 Å². The number of piperazine rings is 1. The Morgan fingerprint density at radius 3 is 1.93 bits per heavy atom. The van der Waals surface area contributed by atoms with Gasteiger partial charge in [-0.25, -0.2) is 34.0 Å². The number of aliphatic hydroxyl groups excluding tert-OH is 4. The number of nitrogens with zero attached hydrogens (tertiary/aromatic N) is 7. The van der Waals surface area contributed by atoms with E-state index in [0.29, 0.717) is 5.52 Å². The van der Waals surface area contributed by atoms with E-state index in [2.05, 4.69) is 79.1 Å². The average Bonchev–Trinajstić information content (AvgIpc) is 0.751. The number of phenolic OH excluding ortho intramolecular Hbond substituents is 1. The number of carboxylic acids is 1. The molecule has 738 valence electrons. The first kappa shape index (κ1) is 108. The van der Waals surface area contributed by atoms with Crippen LogP contribution in [0.2, 0.25) is 0 Å². The number of fused-ring (bicyclic) bond motifs is 5. The maximum atomic E-state index is 15.5. The Kier molecular flexibility index (Phi) is 41.4. The van der Waals surface area contributed by atoms with E-state index in [1.54, 1.807) is 4.90 Å². The molecule has 0 saturated carbocycles. The van der Waals surface area contributed by atoms with E-state index < -0.39 is 249 Å². The number of aromatic carboxylic acids is 1. The van der Waals surface area contributed by atoms with Crippen molar-refractivity contribution < 1.29 is 164 Å². The van der Waals surface area contributed by atoms with Crippen molar-refractivity contribution >= 4 is 153 Å². The van der Waals surface area contributed by atoms with Gasteiger partial charge in [0.2, 0.25) is 90.0 Å². The number of carbonyl (C=O) groups excluding carboxylic acids is 16. The van der Waals surface area contributed by atoms with E-state index in [9.17, 15) is 132 Å². The Morgan fingerprint density at radius 2 is 1.30 bits per heavy atom. The first-order valence-corrected chi connectivity index (χ1v) is 42.6. The number of phenols is 1. The van der Waals surface area contributed by atoms with Gasteiger partial charge in [-0.05, 0) is 95.9 Å². The molecule has 25 N–H and O–H groups in total. The minimum Gasteiger partial charge on any atom is -0.870 e. The van der Waals surface area contributed by atoms with Crippen molar-refractivity contribution in [3.05, 3.63) is 69.4 Å². The normalized spacial score (nSPS) is 18.2. The fourth-order valence-electron chi connectivity index (χ4n) is 14.6. The summed E-state index contributed by atoms with van der Waals surface area (Å²) in [5.41, 5.74) is 4.93. The number of amides is 15. The first-order valence-electron chi connectivity index (χ1n) is 42.6. The Labute approximate surface area is 778 Å². The third-order valence-electron chi connectivity index (χ3n) is 21.7. The van der Waals surface area contributed by atoms with Crippen molar-refractivity contribution in [2.45, 2.75) is 170 Å². The molecule has 4 aliphatic heterocycles. The van der Waals surface area contributed by atoms with Crippen molar-refractivity contribution in [2.24, 2.45) is 12.8 Å². The number of anilines is 2. The molecule has 2 aromatic carbocycles. The summed E-state index contributed by atoms with van der Waals surface area (Å²) in [6.07, 6.45) is -5.29. The SMILES string of the molecule is C[C@@H](O)[C@@H]1NC(=O)[C@H](CCCN(O)C=O)NC(=O)[C@@H](NC(=O)[C@H](CCCN(O)C=O)NC(=O)[C@@H](CO)NC(=O)[C@H](CCCNC(=N)N)NC(=O)[C@@H](CO)NC(=O)[C@@H]2CC[NH+]=C3C(NC(=O)CCC(=O)NCCNC(=O)CCC(=O)OCOC(=O)N4CCN(c5cc6nc7c(cc6cc5F)c(=O)c(C(=O)O)cn7C)CC4)=Cc4cc([O-])c(O)cc4N32)CCCCNC(=O)[C@H]([C@@H](C)O)NC1=O.[Fe]. The number of hydrogen-bond donors (Lipinski definition) is 24. The zero-order valence-electron chi connectivity index (χ0n) is 73.4. The van der Waals surface area contributed by atoms with Crippen LogP contribution in [-0.2, 0) is 106 Å². The van der Waals surface area contributed by atoms with Gasteiger partial charge in [-0.15, -0.1) is 0 Å². The fraction of sp³-hybridized carbons (Fsp3) is 0.519. The number of guanidine groups is 1. The third-order valence-corrected chi connectivity index (χ3v) is 21.7. The zero-order valence-corrected chi connectivity index (χ0v) is 74.5. The Morgan fingerprint density at radius 1 is 0.704 bits per heavy atom. The first-order chi connectivity index (χ1) is 63.7. The topological polar surface area (TPSA) is 765 Å². The van der Waals surface area contributed by atoms with Crippen molar-refractivity contribution in [1.82, 2.24) is 93.7 Å². The van der Waals surface area contributed by atoms with Crippen molar-refractivity contribution in [3.63, 3.8) is 0 Å².